The molecule has 8 heteroatoms. The molecule has 0 saturated heterocycles. The minimum absolute atomic E-state index is 0.0988. The maximum Gasteiger partial charge on any atom is 0.407 e. The first kappa shape index (κ1) is 45.1. The Balaban J connectivity index is 1.47. The maximum absolute atomic E-state index is 12.1. The number of carbonyl (C=O) groups is 2. The lowest BCUT2D eigenvalue weighted by atomic mass is 9.79. The molecule has 0 aliphatic carbocycles. The normalized spacial score (nSPS) is 12.5. The quantitative estimate of drug-likeness (QED) is 0.108. The van der Waals surface area contributed by atoms with Gasteiger partial charge in [-0.3, -0.25) is 0 Å². The molecule has 0 fully saturated rings. The van der Waals surface area contributed by atoms with Crippen molar-refractivity contribution in [3.8, 4) is 0 Å². The van der Waals surface area contributed by atoms with Crippen LogP contribution < -0.4 is 21.3 Å². The van der Waals surface area contributed by atoms with Gasteiger partial charge in [0.2, 0.25) is 0 Å². The molecule has 2 rings (SSSR count). The summed E-state index contributed by atoms with van der Waals surface area (Å²) >= 11 is 0. The second-order valence-electron chi connectivity index (χ2n) is 18.4. The van der Waals surface area contributed by atoms with Crippen LogP contribution in [0.15, 0.2) is 36.4 Å². The largest absolute Gasteiger partial charge is 0.450 e. The van der Waals surface area contributed by atoms with Crippen molar-refractivity contribution < 1.29 is 19.1 Å². The third kappa shape index (κ3) is 18.1. The zero-order valence-electron chi connectivity index (χ0n) is 35.0. The van der Waals surface area contributed by atoms with E-state index in [0.717, 1.165) is 64.7 Å². The molecular weight excluding hydrogens is 649 g/mol. The number of benzene rings is 2. The van der Waals surface area contributed by atoms with E-state index in [0.29, 0.717) is 26.3 Å². The van der Waals surface area contributed by atoms with Gasteiger partial charge in [-0.05, 0) is 93.8 Å². The van der Waals surface area contributed by atoms with Crippen molar-refractivity contribution in [3.05, 3.63) is 69.8 Å². The van der Waals surface area contributed by atoms with E-state index in [1.165, 1.54) is 33.4 Å². The van der Waals surface area contributed by atoms with Crippen molar-refractivity contribution in [2.45, 2.75) is 156 Å². The van der Waals surface area contributed by atoms with Crippen LogP contribution in [0.25, 0.3) is 0 Å². The molecule has 0 aromatic heterocycles. The minimum Gasteiger partial charge on any atom is -0.450 e. The number of ether oxygens (including phenoxy) is 2. The highest BCUT2D eigenvalue weighted by molar-refractivity contribution is 5.67. The van der Waals surface area contributed by atoms with E-state index < -0.39 is 0 Å². The van der Waals surface area contributed by atoms with Crippen molar-refractivity contribution in [1.82, 2.24) is 21.3 Å². The van der Waals surface area contributed by atoms with Gasteiger partial charge in [-0.1, -0.05) is 132 Å². The first-order valence-corrected chi connectivity index (χ1v) is 19.7. The summed E-state index contributed by atoms with van der Waals surface area (Å²) < 4.78 is 10.7. The van der Waals surface area contributed by atoms with Crippen molar-refractivity contribution in [3.63, 3.8) is 0 Å². The van der Waals surface area contributed by atoms with E-state index in [2.05, 4.69) is 141 Å². The van der Waals surface area contributed by atoms with Gasteiger partial charge in [0.1, 0.15) is 0 Å². The number of hydrogen-bond acceptors (Lipinski definition) is 6. The summed E-state index contributed by atoms with van der Waals surface area (Å²) in [4.78, 5) is 24.1. The molecule has 0 atom stereocenters. The Morgan fingerprint density at radius 1 is 0.442 bits per heavy atom. The topological polar surface area (TPSA) is 101 Å². The van der Waals surface area contributed by atoms with Gasteiger partial charge in [-0.25, -0.2) is 9.59 Å². The Labute approximate surface area is 317 Å². The summed E-state index contributed by atoms with van der Waals surface area (Å²) in [5.74, 6) is 0. The van der Waals surface area contributed by atoms with Crippen molar-refractivity contribution in [2.24, 2.45) is 0 Å². The van der Waals surface area contributed by atoms with Gasteiger partial charge in [-0.15, -0.1) is 0 Å². The fourth-order valence-corrected chi connectivity index (χ4v) is 5.60. The first-order valence-electron chi connectivity index (χ1n) is 19.7. The van der Waals surface area contributed by atoms with Gasteiger partial charge in [0.05, 0.1) is 13.2 Å². The highest BCUT2D eigenvalue weighted by Crippen LogP contribution is 2.31. The summed E-state index contributed by atoms with van der Waals surface area (Å²) in [6.07, 6.45) is 4.47. The average molecular weight is 723 g/mol. The molecule has 4 N–H and O–H groups in total. The molecule has 0 aliphatic rings. The summed E-state index contributed by atoms with van der Waals surface area (Å²) in [5.41, 5.74) is 8.39. The van der Waals surface area contributed by atoms with Crippen molar-refractivity contribution >= 4 is 12.2 Å². The number of hydrogen-bond donors (Lipinski definition) is 4. The monoisotopic (exact) mass is 723 g/mol. The maximum atomic E-state index is 12.1. The number of unbranched alkanes of at least 4 members (excludes halogenated alkanes) is 3. The molecule has 0 saturated carbocycles. The standard InChI is InChI=1S/C44H74N4O4/c1-41(2,3)35-25-33(26-36(29-35)42(4,5)6)31-45-19-17-23-51-39(49)47-21-15-13-14-16-22-48-40(50)52-24-18-20-46-32-34-27-37(43(7,8)9)30-38(28-34)44(10,11)12/h25-30,45-46H,13-24,31-32H2,1-12H3,(H,47,49)(H,48,50). The van der Waals surface area contributed by atoms with Crippen LogP contribution in [0.2, 0.25) is 0 Å². The van der Waals surface area contributed by atoms with Gasteiger partial charge in [0, 0.05) is 26.2 Å². The first-order chi connectivity index (χ1) is 24.2. The molecule has 0 bridgehead atoms. The van der Waals surface area contributed by atoms with Crippen LogP contribution in [-0.2, 0) is 44.2 Å². The predicted molar refractivity (Wildman–Crippen MR) is 218 cm³/mol. The smallest absolute Gasteiger partial charge is 0.407 e. The molecule has 2 aromatic rings. The summed E-state index contributed by atoms with van der Waals surface area (Å²) in [6, 6.07) is 13.9. The van der Waals surface area contributed by atoms with Crippen molar-refractivity contribution in [1.29, 1.82) is 0 Å². The minimum atomic E-state index is -0.364. The zero-order valence-corrected chi connectivity index (χ0v) is 35.0. The van der Waals surface area contributed by atoms with E-state index in [1.54, 1.807) is 0 Å². The SMILES string of the molecule is CC(C)(C)c1cc(CNCCCOC(=O)NCCCCCCNC(=O)OCCCNCc2cc(C(C)(C)C)cc(C(C)(C)C)c2)cc(C(C)(C)C)c1. The van der Waals surface area contributed by atoms with Gasteiger partial charge < -0.3 is 30.7 Å². The van der Waals surface area contributed by atoms with Crippen LogP contribution in [0.3, 0.4) is 0 Å². The molecule has 0 spiro atoms. The van der Waals surface area contributed by atoms with E-state index in [9.17, 15) is 9.59 Å². The fourth-order valence-electron chi connectivity index (χ4n) is 5.60. The highest BCUT2D eigenvalue weighted by atomic mass is 16.6. The number of nitrogens with one attached hydrogen (secondary N) is 4. The second-order valence-corrected chi connectivity index (χ2v) is 18.4. The third-order valence-corrected chi connectivity index (χ3v) is 9.21. The van der Waals surface area contributed by atoms with Gasteiger partial charge in [0.15, 0.2) is 0 Å². The third-order valence-electron chi connectivity index (χ3n) is 9.21. The molecular formula is C44H74N4O4. The summed E-state index contributed by atoms with van der Waals surface area (Å²) in [6.45, 7) is 32.1. The molecule has 294 valence electrons. The highest BCUT2D eigenvalue weighted by Gasteiger charge is 2.22. The molecule has 52 heavy (non-hydrogen) atoms. The Kier molecular flexibility index (Phi) is 18.2. The van der Waals surface area contributed by atoms with Gasteiger partial charge >= 0.3 is 12.2 Å². The fraction of sp³-hybridized carbons (Fsp3) is 0.682. The van der Waals surface area contributed by atoms with E-state index in [4.69, 9.17) is 9.47 Å². The average Bonchev–Trinajstić information content (AvgIpc) is 3.03. The van der Waals surface area contributed by atoms with Gasteiger partial charge in [0.25, 0.3) is 0 Å². The molecule has 8 nitrogen and oxygen atoms in total. The van der Waals surface area contributed by atoms with Crippen molar-refractivity contribution in [2.75, 3.05) is 39.4 Å². The number of amides is 2. The molecule has 0 radical (unpaired) electrons. The summed E-state index contributed by atoms with van der Waals surface area (Å²) in [5, 5.41) is 12.7. The Morgan fingerprint density at radius 2 is 0.750 bits per heavy atom. The second kappa shape index (κ2) is 21.0. The lowest BCUT2D eigenvalue weighted by molar-refractivity contribution is 0.143. The van der Waals surface area contributed by atoms with Gasteiger partial charge in [-0.2, -0.15) is 0 Å². The lowest BCUT2D eigenvalue weighted by Gasteiger charge is -2.26. The van der Waals surface area contributed by atoms with Crippen LogP contribution in [-0.4, -0.2) is 51.6 Å². The summed E-state index contributed by atoms with van der Waals surface area (Å²) in [7, 11) is 0. The van der Waals surface area contributed by atoms with E-state index in [-0.39, 0.29) is 33.8 Å². The number of rotatable bonds is 19. The molecule has 0 heterocycles. The predicted octanol–water partition coefficient (Wildman–Crippen LogP) is 9.55. The Hall–Kier alpha value is -3.10. The number of alkyl carbamates (subject to hydrolysis) is 2. The van der Waals surface area contributed by atoms with Crippen LogP contribution in [0.4, 0.5) is 9.59 Å². The van der Waals surface area contributed by atoms with Crippen LogP contribution in [0.1, 0.15) is 155 Å². The van der Waals surface area contributed by atoms with Crippen LogP contribution >= 0.6 is 0 Å². The lowest BCUT2D eigenvalue weighted by Crippen LogP contribution is -2.27. The molecule has 0 unspecified atom stereocenters. The van der Waals surface area contributed by atoms with E-state index >= 15 is 0 Å². The zero-order chi connectivity index (χ0) is 39.0. The van der Waals surface area contributed by atoms with Crippen LogP contribution in [0.5, 0.6) is 0 Å². The Bertz CT molecular complexity index is 1210. The molecule has 2 amide bonds. The van der Waals surface area contributed by atoms with E-state index in [1.807, 2.05) is 0 Å². The van der Waals surface area contributed by atoms with Crippen LogP contribution in [0, 0.1) is 0 Å². The molecule has 0 aliphatic heterocycles. The Morgan fingerprint density at radius 3 is 1.04 bits per heavy atom. The molecule has 2 aromatic carbocycles. The number of carbonyl (C=O) groups excluding carboxylic acids is 2.